The molecule has 3 aromatic rings. The highest BCUT2D eigenvalue weighted by Gasteiger charge is 2.36. The number of halogens is 1. The highest BCUT2D eigenvalue weighted by molar-refractivity contribution is 7.93. The summed E-state index contributed by atoms with van der Waals surface area (Å²) in [5, 5.41) is 4.22. The SMILES string of the molecule is CCOc1cncc(-c2ccc(C(=O)NC(C)c3csc(NS(=O)(=O)C4CC4)n3)c(F)c2)n1. The number of hydrogen-bond donors (Lipinski definition) is 2. The molecule has 9 nitrogen and oxygen atoms in total. The molecule has 1 unspecified atom stereocenters. The Balaban J connectivity index is 1.43. The average Bonchev–Trinajstić information content (AvgIpc) is 3.55. The Bertz CT molecular complexity index is 1280. The second-order valence-electron chi connectivity index (χ2n) is 7.49. The fraction of sp³-hybridized carbons (Fsp3) is 0.333. The number of anilines is 1. The van der Waals surface area contributed by atoms with Crippen molar-refractivity contribution in [3.05, 3.63) is 53.0 Å². The van der Waals surface area contributed by atoms with Crippen molar-refractivity contribution in [2.45, 2.75) is 38.0 Å². The van der Waals surface area contributed by atoms with Crippen LogP contribution in [0.3, 0.4) is 0 Å². The van der Waals surface area contributed by atoms with Gasteiger partial charge < -0.3 is 10.1 Å². The average molecular weight is 492 g/mol. The molecule has 1 fully saturated rings. The first-order valence-corrected chi connectivity index (χ1v) is 12.7. The molecule has 1 aromatic carbocycles. The Labute approximate surface area is 194 Å². The summed E-state index contributed by atoms with van der Waals surface area (Å²) >= 11 is 1.13. The maximum atomic E-state index is 14.7. The van der Waals surface area contributed by atoms with Gasteiger partial charge in [0, 0.05) is 10.9 Å². The number of aromatic nitrogens is 3. The van der Waals surface area contributed by atoms with Gasteiger partial charge in [-0.3, -0.25) is 14.5 Å². The van der Waals surface area contributed by atoms with Crippen LogP contribution in [0.15, 0.2) is 36.0 Å². The molecule has 1 saturated carbocycles. The number of thiazole rings is 1. The molecular formula is C21H22FN5O4S2. The summed E-state index contributed by atoms with van der Waals surface area (Å²) in [4.78, 5) is 25.2. The summed E-state index contributed by atoms with van der Waals surface area (Å²) in [6.07, 6.45) is 4.24. The lowest BCUT2D eigenvalue weighted by atomic mass is 10.1. The number of amides is 1. The second-order valence-corrected chi connectivity index (χ2v) is 10.3. The van der Waals surface area contributed by atoms with Crippen LogP contribution >= 0.6 is 11.3 Å². The molecule has 0 bridgehead atoms. The Kier molecular flexibility index (Phi) is 6.56. The fourth-order valence-corrected chi connectivity index (χ4v) is 5.43. The minimum Gasteiger partial charge on any atom is -0.477 e. The number of carbonyl (C=O) groups is 1. The normalized spacial score (nSPS) is 14.5. The summed E-state index contributed by atoms with van der Waals surface area (Å²) < 4.78 is 46.6. The lowest BCUT2D eigenvalue weighted by Gasteiger charge is -2.13. The van der Waals surface area contributed by atoms with E-state index in [2.05, 4.69) is 25.0 Å². The van der Waals surface area contributed by atoms with Gasteiger partial charge in [-0.15, -0.1) is 11.3 Å². The van der Waals surface area contributed by atoms with E-state index in [0.29, 0.717) is 42.3 Å². The zero-order chi connectivity index (χ0) is 23.6. The molecule has 1 aliphatic rings. The van der Waals surface area contributed by atoms with Crippen LogP contribution in [0.1, 0.15) is 48.8 Å². The number of ether oxygens (including phenoxy) is 1. The van der Waals surface area contributed by atoms with Crippen molar-refractivity contribution in [3.63, 3.8) is 0 Å². The lowest BCUT2D eigenvalue weighted by Crippen LogP contribution is -2.27. The first kappa shape index (κ1) is 23.1. The van der Waals surface area contributed by atoms with Crippen molar-refractivity contribution in [2.24, 2.45) is 0 Å². The molecule has 2 N–H and O–H groups in total. The molecule has 1 atom stereocenters. The smallest absolute Gasteiger partial charge is 0.254 e. The molecule has 1 aliphatic carbocycles. The fourth-order valence-electron chi connectivity index (χ4n) is 3.03. The largest absolute Gasteiger partial charge is 0.477 e. The minimum atomic E-state index is -3.41. The molecule has 0 radical (unpaired) electrons. The molecule has 12 heteroatoms. The molecule has 1 amide bonds. The quantitative estimate of drug-likeness (QED) is 0.469. The Morgan fingerprint density at radius 2 is 2.09 bits per heavy atom. The number of benzene rings is 1. The van der Waals surface area contributed by atoms with Crippen LogP contribution in [-0.4, -0.2) is 41.1 Å². The van der Waals surface area contributed by atoms with Crippen LogP contribution in [0.5, 0.6) is 5.88 Å². The molecule has 2 heterocycles. The highest BCUT2D eigenvalue weighted by Crippen LogP contribution is 2.31. The van der Waals surface area contributed by atoms with Crippen molar-refractivity contribution in [2.75, 3.05) is 11.3 Å². The standard InChI is InChI=1S/C21H22FN5O4S2/c1-3-31-19-10-23-9-17(25-19)13-4-7-15(16(22)8-13)20(28)24-12(2)18-11-32-21(26-18)27-33(29,30)14-5-6-14/h4,7-12,14H,3,5-6H2,1-2H3,(H,24,28)(H,26,27). The van der Waals surface area contributed by atoms with Crippen molar-refractivity contribution >= 4 is 32.4 Å². The van der Waals surface area contributed by atoms with Gasteiger partial charge in [0.1, 0.15) is 5.82 Å². The van der Waals surface area contributed by atoms with E-state index >= 15 is 0 Å². The lowest BCUT2D eigenvalue weighted by molar-refractivity contribution is 0.0935. The van der Waals surface area contributed by atoms with E-state index in [9.17, 15) is 17.6 Å². The van der Waals surface area contributed by atoms with Crippen molar-refractivity contribution < 1.29 is 22.3 Å². The van der Waals surface area contributed by atoms with Crippen LogP contribution in [0.2, 0.25) is 0 Å². The summed E-state index contributed by atoms with van der Waals surface area (Å²) in [6.45, 7) is 3.94. The maximum Gasteiger partial charge on any atom is 0.254 e. The Morgan fingerprint density at radius 3 is 2.79 bits per heavy atom. The predicted octanol–water partition coefficient (Wildman–Crippen LogP) is 3.53. The Morgan fingerprint density at radius 1 is 1.30 bits per heavy atom. The zero-order valence-corrected chi connectivity index (χ0v) is 19.5. The number of rotatable bonds is 9. The molecule has 2 aromatic heterocycles. The summed E-state index contributed by atoms with van der Waals surface area (Å²) in [5.41, 5.74) is 1.22. The topological polar surface area (TPSA) is 123 Å². The van der Waals surface area contributed by atoms with Crippen LogP contribution in [-0.2, 0) is 10.0 Å². The molecule has 0 spiro atoms. The third-order valence-corrected chi connectivity index (χ3v) is 7.65. The first-order valence-electron chi connectivity index (χ1n) is 10.3. The van der Waals surface area contributed by atoms with E-state index in [0.717, 1.165) is 11.3 Å². The highest BCUT2D eigenvalue weighted by atomic mass is 32.2. The minimum absolute atomic E-state index is 0.135. The molecular weight excluding hydrogens is 469 g/mol. The van der Waals surface area contributed by atoms with Crippen LogP contribution < -0.4 is 14.8 Å². The number of sulfonamides is 1. The van der Waals surface area contributed by atoms with Gasteiger partial charge in [-0.1, -0.05) is 6.07 Å². The van der Waals surface area contributed by atoms with Gasteiger partial charge in [0.2, 0.25) is 15.9 Å². The molecule has 0 aliphatic heterocycles. The third-order valence-electron chi connectivity index (χ3n) is 4.92. The summed E-state index contributed by atoms with van der Waals surface area (Å²) in [6, 6.07) is 3.61. The van der Waals surface area contributed by atoms with E-state index in [4.69, 9.17) is 4.74 Å². The summed E-state index contributed by atoms with van der Waals surface area (Å²) in [7, 11) is -3.41. The van der Waals surface area contributed by atoms with Gasteiger partial charge in [-0.25, -0.2) is 22.8 Å². The van der Waals surface area contributed by atoms with E-state index in [1.54, 1.807) is 18.4 Å². The van der Waals surface area contributed by atoms with Crippen molar-refractivity contribution in [1.82, 2.24) is 20.3 Å². The van der Waals surface area contributed by atoms with Gasteiger partial charge in [0.05, 0.1) is 47.2 Å². The van der Waals surface area contributed by atoms with Gasteiger partial charge in [0.25, 0.3) is 5.91 Å². The Hall–Kier alpha value is -3.12. The van der Waals surface area contributed by atoms with E-state index in [1.165, 1.54) is 24.5 Å². The van der Waals surface area contributed by atoms with E-state index in [1.807, 2.05) is 6.92 Å². The van der Waals surface area contributed by atoms with Crippen LogP contribution in [0.25, 0.3) is 11.3 Å². The maximum absolute atomic E-state index is 14.7. The van der Waals surface area contributed by atoms with Crippen LogP contribution in [0, 0.1) is 5.82 Å². The van der Waals surface area contributed by atoms with Gasteiger partial charge in [-0.2, -0.15) is 0 Å². The zero-order valence-electron chi connectivity index (χ0n) is 17.9. The monoisotopic (exact) mass is 491 g/mol. The molecule has 174 valence electrons. The number of nitrogens with one attached hydrogen (secondary N) is 2. The predicted molar refractivity (Wildman–Crippen MR) is 122 cm³/mol. The van der Waals surface area contributed by atoms with Gasteiger partial charge >= 0.3 is 0 Å². The summed E-state index contributed by atoms with van der Waals surface area (Å²) in [5.74, 6) is -1.00. The molecule has 0 saturated heterocycles. The molecule has 4 rings (SSSR count). The van der Waals surface area contributed by atoms with Gasteiger partial charge in [-0.05, 0) is 38.8 Å². The van der Waals surface area contributed by atoms with E-state index < -0.39 is 27.8 Å². The second kappa shape index (κ2) is 9.40. The van der Waals surface area contributed by atoms with Crippen molar-refractivity contribution in [3.8, 4) is 17.1 Å². The molecule has 33 heavy (non-hydrogen) atoms. The van der Waals surface area contributed by atoms with Crippen molar-refractivity contribution in [1.29, 1.82) is 0 Å². The first-order chi connectivity index (χ1) is 15.8. The third kappa shape index (κ3) is 5.45. The van der Waals surface area contributed by atoms with Crippen LogP contribution in [0.4, 0.5) is 9.52 Å². The number of carbonyl (C=O) groups excluding carboxylic acids is 1. The number of nitrogens with zero attached hydrogens (tertiary/aromatic N) is 3. The van der Waals surface area contributed by atoms with E-state index in [-0.39, 0.29) is 15.9 Å². The number of hydrogen-bond acceptors (Lipinski definition) is 8. The van der Waals surface area contributed by atoms with Gasteiger partial charge in [0.15, 0.2) is 5.13 Å².